The summed E-state index contributed by atoms with van der Waals surface area (Å²) in [5.74, 6) is 0.211. The number of pyridine rings is 1. The molecule has 0 aliphatic carbocycles. The number of nitrogens with zero attached hydrogens (tertiary/aromatic N) is 3. The van der Waals surface area contributed by atoms with Crippen LogP contribution in [0.15, 0.2) is 91.1 Å². The topological polar surface area (TPSA) is 53.5 Å². The average Bonchev–Trinajstić information content (AvgIpc) is 3.11. The molecule has 1 aliphatic rings. The molecule has 0 unspecified atom stereocenters. The molecule has 1 aromatic heterocycles. The summed E-state index contributed by atoms with van der Waals surface area (Å²) in [6.07, 6.45) is 2.59. The molecule has 4 aromatic rings. The van der Waals surface area contributed by atoms with E-state index in [9.17, 15) is 9.59 Å². The van der Waals surface area contributed by atoms with Gasteiger partial charge in [-0.2, -0.15) is 0 Å². The highest BCUT2D eigenvalue weighted by molar-refractivity contribution is 6.01. The summed E-state index contributed by atoms with van der Waals surface area (Å²) in [5.41, 5.74) is 4.82. The first-order chi connectivity index (χ1) is 17.1. The summed E-state index contributed by atoms with van der Waals surface area (Å²) in [5, 5.41) is 1.10. The van der Waals surface area contributed by atoms with Gasteiger partial charge in [0.1, 0.15) is 0 Å². The van der Waals surface area contributed by atoms with Crippen molar-refractivity contribution in [1.29, 1.82) is 0 Å². The number of hydrogen-bond acceptors (Lipinski definition) is 3. The van der Waals surface area contributed by atoms with Crippen LogP contribution in [0.3, 0.4) is 0 Å². The van der Waals surface area contributed by atoms with E-state index in [0.717, 1.165) is 28.5 Å². The van der Waals surface area contributed by atoms with Crippen LogP contribution in [-0.4, -0.2) is 52.8 Å². The summed E-state index contributed by atoms with van der Waals surface area (Å²) in [4.78, 5) is 34.4. The summed E-state index contributed by atoms with van der Waals surface area (Å²) in [6.45, 7) is 3.94. The van der Waals surface area contributed by atoms with Crippen LogP contribution < -0.4 is 0 Å². The molecule has 5 heteroatoms. The minimum atomic E-state index is 0.0163. The third-order valence-electron chi connectivity index (χ3n) is 6.76. The Morgan fingerprint density at radius 3 is 2.43 bits per heavy atom. The van der Waals surface area contributed by atoms with E-state index in [1.165, 1.54) is 5.56 Å². The third kappa shape index (κ3) is 5.09. The fraction of sp³-hybridized carbons (Fsp3) is 0.233. The van der Waals surface area contributed by atoms with Crippen molar-refractivity contribution in [2.75, 3.05) is 26.2 Å². The maximum absolute atomic E-state index is 13.8. The largest absolute Gasteiger partial charge is 0.341 e. The van der Waals surface area contributed by atoms with E-state index in [1.807, 2.05) is 76.5 Å². The van der Waals surface area contributed by atoms with E-state index in [4.69, 9.17) is 0 Å². The van der Waals surface area contributed by atoms with Crippen molar-refractivity contribution >= 4 is 22.7 Å². The third-order valence-corrected chi connectivity index (χ3v) is 6.76. The van der Waals surface area contributed by atoms with Gasteiger partial charge in [-0.1, -0.05) is 60.7 Å². The highest BCUT2D eigenvalue weighted by Crippen LogP contribution is 2.26. The maximum Gasteiger partial charge on any atom is 0.254 e. The first kappa shape index (κ1) is 22.8. The second kappa shape index (κ2) is 10.1. The fourth-order valence-corrected chi connectivity index (χ4v) is 5.00. The van der Waals surface area contributed by atoms with Gasteiger partial charge in [0.05, 0.1) is 5.52 Å². The van der Waals surface area contributed by atoms with Gasteiger partial charge in [0.2, 0.25) is 5.91 Å². The lowest BCUT2D eigenvalue weighted by Crippen LogP contribution is -2.37. The Labute approximate surface area is 206 Å². The molecule has 0 N–H and O–H groups in total. The quantitative estimate of drug-likeness (QED) is 0.425. The van der Waals surface area contributed by atoms with Gasteiger partial charge >= 0.3 is 0 Å². The van der Waals surface area contributed by atoms with Crippen LogP contribution in [0.5, 0.6) is 0 Å². The van der Waals surface area contributed by atoms with Crippen molar-refractivity contribution < 1.29 is 9.59 Å². The minimum absolute atomic E-state index is 0.0163. The molecule has 1 aliphatic heterocycles. The van der Waals surface area contributed by atoms with Crippen LogP contribution in [0, 0.1) is 5.92 Å². The summed E-state index contributed by atoms with van der Waals surface area (Å²) < 4.78 is 0. The molecule has 2 heterocycles. The molecule has 5 nitrogen and oxygen atoms in total. The lowest BCUT2D eigenvalue weighted by Gasteiger charge is -2.25. The summed E-state index contributed by atoms with van der Waals surface area (Å²) in [7, 11) is 0. The van der Waals surface area contributed by atoms with E-state index in [1.54, 1.807) is 13.1 Å². The molecule has 0 saturated carbocycles. The van der Waals surface area contributed by atoms with Crippen LogP contribution >= 0.6 is 0 Å². The van der Waals surface area contributed by atoms with Crippen molar-refractivity contribution in [3.05, 3.63) is 102 Å². The molecule has 1 atom stereocenters. The van der Waals surface area contributed by atoms with Crippen LogP contribution in [0.4, 0.5) is 0 Å². The highest BCUT2D eigenvalue weighted by atomic mass is 16.2. The van der Waals surface area contributed by atoms with E-state index >= 15 is 0 Å². The zero-order chi connectivity index (χ0) is 24.2. The van der Waals surface area contributed by atoms with Crippen LogP contribution in [0.25, 0.3) is 22.0 Å². The number of carbonyl (C=O) groups is 2. The predicted octanol–water partition coefficient (Wildman–Crippen LogP) is 5.07. The molecule has 0 radical (unpaired) electrons. The average molecular weight is 464 g/mol. The molecule has 5 rings (SSSR count). The lowest BCUT2D eigenvalue weighted by atomic mass is 9.96. The molecule has 1 fully saturated rings. The number of rotatable bonds is 4. The first-order valence-corrected chi connectivity index (χ1v) is 12.1. The van der Waals surface area contributed by atoms with Crippen LogP contribution in [0.2, 0.25) is 0 Å². The van der Waals surface area contributed by atoms with Gasteiger partial charge in [0.15, 0.2) is 0 Å². The standard InChI is InChI=1S/C30H29N3O2/c1-22(34)32-16-17-33(30(35)28-12-6-5-11-27(28)25-8-3-2-4-9-25)21-24(20-32)18-23-13-14-29-26(19-23)10-7-15-31-29/h2-15,19,24H,16-18,20-21H2,1H3/t24-/m0/s1. The number of amides is 2. The van der Waals surface area contributed by atoms with Gasteiger partial charge in [-0.25, -0.2) is 0 Å². The van der Waals surface area contributed by atoms with Crippen LogP contribution in [0.1, 0.15) is 22.8 Å². The Bertz CT molecular complexity index is 1350. The summed E-state index contributed by atoms with van der Waals surface area (Å²) in [6, 6.07) is 28.1. The van der Waals surface area contributed by atoms with Crippen molar-refractivity contribution in [2.45, 2.75) is 13.3 Å². The number of aromatic nitrogens is 1. The van der Waals surface area contributed by atoms with Crippen molar-refractivity contribution in [1.82, 2.24) is 14.8 Å². The van der Waals surface area contributed by atoms with E-state index in [0.29, 0.717) is 31.7 Å². The smallest absolute Gasteiger partial charge is 0.254 e. The van der Waals surface area contributed by atoms with Gasteiger partial charge in [-0.05, 0) is 53.3 Å². The zero-order valence-corrected chi connectivity index (χ0v) is 19.9. The molecule has 0 bridgehead atoms. The van der Waals surface area contributed by atoms with Gasteiger partial charge in [0, 0.05) is 50.2 Å². The summed E-state index contributed by atoms with van der Waals surface area (Å²) >= 11 is 0. The van der Waals surface area contributed by atoms with Gasteiger partial charge < -0.3 is 9.80 Å². The maximum atomic E-state index is 13.8. The number of benzene rings is 3. The van der Waals surface area contributed by atoms with E-state index in [-0.39, 0.29) is 17.7 Å². The Balaban J connectivity index is 1.42. The van der Waals surface area contributed by atoms with Crippen molar-refractivity contribution in [3.63, 3.8) is 0 Å². The molecule has 2 amide bonds. The van der Waals surface area contributed by atoms with Gasteiger partial charge in [0.25, 0.3) is 5.91 Å². The van der Waals surface area contributed by atoms with E-state index < -0.39 is 0 Å². The lowest BCUT2D eigenvalue weighted by molar-refractivity contribution is -0.129. The minimum Gasteiger partial charge on any atom is -0.341 e. The highest BCUT2D eigenvalue weighted by Gasteiger charge is 2.28. The number of carbonyl (C=O) groups excluding carboxylic acids is 2. The molecule has 176 valence electrons. The Morgan fingerprint density at radius 2 is 1.60 bits per heavy atom. The molecule has 35 heavy (non-hydrogen) atoms. The second-order valence-electron chi connectivity index (χ2n) is 9.23. The van der Waals surface area contributed by atoms with Gasteiger partial charge in [-0.3, -0.25) is 14.6 Å². The monoisotopic (exact) mass is 463 g/mol. The molecule has 3 aromatic carbocycles. The van der Waals surface area contributed by atoms with Crippen molar-refractivity contribution in [3.8, 4) is 11.1 Å². The predicted molar refractivity (Wildman–Crippen MR) is 139 cm³/mol. The fourth-order valence-electron chi connectivity index (χ4n) is 5.00. The zero-order valence-electron chi connectivity index (χ0n) is 19.9. The Hall–Kier alpha value is -3.99. The van der Waals surface area contributed by atoms with E-state index in [2.05, 4.69) is 23.2 Å². The first-order valence-electron chi connectivity index (χ1n) is 12.1. The van der Waals surface area contributed by atoms with Crippen molar-refractivity contribution in [2.24, 2.45) is 5.92 Å². The second-order valence-corrected chi connectivity index (χ2v) is 9.23. The Kier molecular flexibility index (Phi) is 6.57. The molecule has 0 spiro atoms. The number of hydrogen-bond donors (Lipinski definition) is 0. The number of fused-ring (bicyclic) bond motifs is 1. The molecule has 1 saturated heterocycles. The van der Waals surface area contributed by atoms with Crippen LogP contribution in [-0.2, 0) is 11.2 Å². The van der Waals surface area contributed by atoms with Gasteiger partial charge in [-0.15, -0.1) is 0 Å². The molecular weight excluding hydrogens is 434 g/mol. The SMILES string of the molecule is CC(=O)N1CCN(C(=O)c2ccccc2-c2ccccc2)C[C@@H](Cc2ccc3ncccc3c2)C1. The Morgan fingerprint density at radius 1 is 0.857 bits per heavy atom. The molecular formula is C30H29N3O2. The normalized spacial score (nSPS) is 16.2.